The monoisotopic (exact) mass is 239 g/mol. The number of benzene rings is 1. The number of aromatic hydroxyl groups is 3. The highest BCUT2D eigenvalue weighted by Crippen LogP contribution is 2.36. The van der Waals surface area contributed by atoms with Crippen LogP contribution < -0.4 is 5.32 Å². The number of hydrogen-bond acceptors (Lipinski definition) is 4. The lowest BCUT2D eigenvalue weighted by Crippen LogP contribution is -2.20. The van der Waals surface area contributed by atoms with E-state index in [9.17, 15) is 15.3 Å². The minimum absolute atomic E-state index is 0.256. The van der Waals surface area contributed by atoms with E-state index in [0.717, 1.165) is 13.0 Å². The van der Waals surface area contributed by atoms with Gasteiger partial charge in [0, 0.05) is 12.1 Å². The first-order valence-electron chi connectivity index (χ1n) is 5.75. The predicted molar refractivity (Wildman–Crippen MR) is 67.2 cm³/mol. The molecule has 0 spiro atoms. The third kappa shape index (κ3) is 4.15. The molecule has 4 nitrogen and oxygen atoms in total. The number of phenolic OH excluding ortho intramolecular Hbond substituents is 3. The topological polar surface area (TPSA) is 72.7 Å². The molecule has 0 saturated heterocycles. The quantitative estimate of drug-likeness (QED) is 0.480. The average molecular weight is 239 g/mol. The molecule has 96 valence electrons. The van der Waals surface area contributed by atoms with Crippen LogP contribution in [0.3, 0.4) is 0 Å². The molecule has 0 aliphatic rings. The molecular formula is C13H21NO3. The normalized spacial score (nSPS) is 11.7. The maximum absolute atomic E-state index is 9.59. The van der Waals surface area contributed by atoms with Crippen LogP contribution in [0.5, 0.6) is 17.2 Å². The van der Waals surface area contributed by atoms with E-state index in [1.165, 1.54) is 6.07 Å². The van der Waals surface area contributed by atoms with Gasteiger partial charge in [-0.3, -0.25) is 0 Å². The Kier molecular flexibility index (Phi) is 4.23. The maximum atomic E-state index is 9.59. The molecule has 1 aromatic rings. The number of rotatable bonds is 4. The summed E-state index contributed by atoms with van der Waals surface area (Å²) < 4.78 is 0. The summed E-state index contributed by atoms with van der Waals surface area (Å²) in [5.74, 6) is -1.02. The summed E-state index contributed by atoms with van der Waals surface area (Å²) >= 11 is 0. The molecule has 0 fully saturated rings. The van der Waals surface area contributed by atoms with Gasteiger partial charge in [0.25, 0.3) is 0 Å². The molecule has 1 aromatic carbocycles. The number of phenols is 3. The lowest BCUT2D eigenvalue weighted by atomic mass is 9.92. The van der Waals surface area contributed by atoms with Crippen LogP contribution in [0.4, 0.5) is 0 Å². The first-order chi connectivity index (χ1) is 7.81. The van der Waals surface area contributed by atoms with Gasteiger partial charge in [-0.1, -0.05) is 26.8 Å². The molecule has 0 radical (unpaired) electrons. The van der Waals surface area contributed by atoms with Gasteiger partial charge in [0.1, 0.15) is 0 Å². The second-order valence-electron chi connectivity index (χ2n) is 5.43. The second kappa shape index (κ2) is 5.27. The van der Waals surface area contributed by atoms with Crippen LogP contribution in [0, 0.1) is 5.41 Å². The van der Waals surface area contributed by atoms with Gasteiger partial charge in [-0.05, 0) is 24.4 Å². The van der Waals surface area contributed by atoms with E-state index in [1.807, 2.05) is 0 Å². The summed E-state index contributed by atoms with van der Waals surface area (Å²) in [6.45, 7) is 7.80. The fourth-order valence-corrected chi connectivity index (χ4v) is 1.44. The van der Waals surface area contributed by atoms with E-state index in [2.05, 4.69) is 26.1 Å². The van der Waals surface area contributed by atoms with Crippen LogP contribution in [0.25, 0.3) is 0 Å². The smallest absolute Gasteiger partial charge is 0.200 e. The summed E-state index contributed by atoms with van der Waals surface area (Å²) in [6.07, 6.45) is 1.03. The van der Waals surface area contributed by atoms with E-state index in [1.54, 1.807) is 6.07 Å². The molecule has 0 amide bonds. The molecule has 0 atom stereocenters. The highest BCUT2D eigenvalue weighted by atomic mass is 16.3. The Bertz CT molecular complexity index is 383. The SMILES string of the molecule is CC(C)(C)CCNCc1ccc(O)c(O)c1O. The summed E-state index contributed by atoms with van der Waals surface area (Å²) in [4.78, 5) is 0. The fraction of sp³-hybridized carbons (Fsp3) is 0.538. The lowest BCUT2D eigenvalue weighted by Gasteiger charge is -2.18. The fourth-order valence-electron chi connectivity index (χ4n) is 1.44. The lowest BCUT2D eigenvalue weighted by molar-refractivity contribution is 0.357. The van der Waals surface area contributed by atoms with Gasteiger partial charge in [0.05, 0.1) is 0 Å². The van der Waals surface area contributed by atoms with Crippen LogP contribution in [0.2, 0.25) is 0 Å². The van der Waals surface area contributed by atoms with Crippen LogP contribution in [0.15, 0.2) is 12.1 Å². The Morgan fingerprint density at radius 1 is 1.06 bits per heavy atom. The molecule has 0 saturated carbocycles. The van der Waals surface area contributed by atoms with Crippen molar-refractivity contribution in [1.29, 1.82) is 0 Å². The Hall–Kier alpha value is -1.42. The summed E-state index contributed by atoms with van der Waals surface area (Å²) in [5, 5.41) is 31.3. The molecule has 0 heterocycles. The third-order valence-electron chi connectivity index (χ3n) is 2.58. The first-order valence-corrected chi connectivity index (χ1v) is 5.75. The molecule has 0 bridgehead atoms. The molecule has 4 N–H and O–H groups in total. The average Bonchev–Trinajstić information content (AvgIpc) is 2.22. The van der Waals surface area contributed by atoms with Gasteiger partial charge in [-0.25, -0.2) is 0 Å². The standard InChI is InChI=1S/C13H21NO3/c1-13(2,3)6-7-14-8-9-4-5-10(15)12(17)11(9)16/h4-5,14-17H,6-8H2,1-3H3. The maximum Gasteiger partial charge on any atom is 0.200 e. The van der Waals surface area contributed by atoms with Crippen LogP contribution >= 0.6 is 0 Å². The van der Waals surface area contributed by atoms with E-state index in [4.69, 9.17) is 0 Å². The van der Waals surface area contributed by atoms with Gasteiger partial charge >= 0.3 is 0 Å². The zero-order chi connectivity index (χ0) is 13.1. The Morgan fingerprint density at radius 3 is 2.29 bits per heavy atom. The van der Waals surface area contributed by atoms with Crippen molar-refractivity contribution in [2.75, 3.05) is 6.54 Å². The summed E-state index contributed by atoms with van der Waals surface area (Å²) in [5.41, 5.74) is 0.848. The Morgan fingerprint density at radius 2 is 1.71 bits per heavy atom. The molecule has 1 rings (SSSR count). The predicted octanol–water partition coefficient (Wildman–Crippen LogP) is 2.33. The van der Waals surface area contributed by atoms with Gasteiger partial charge in [0.15, 0.2) is 11.5 Å². The highest BCUT2D eigenvalue weighted by Gasteiger charge is 2.12. The number of nitrogens with one attached hydrogen (secondary N) is 1. The number of hydrogen-bond donors (Lipinski definition) is 4. The van der Waals surface area contributed by atoms with E-state index in [-0.39, 0.29) is 16.9 Å². The molecule has 0 aromatic heterocycles. The second-order valence-corrected chi connectivity index (χ2v) is 5.43. The highest BCUT2D eigenvalue weighted by molar-refractivity contribution is 5.52. The van der Waals surface area contributed by atoms with Crippen molar-refractivity contribution in [2.45, 2.75) is 33.7 Å². The Labute approximate surface area is 102 Å². The largest absolute Gasteiger partial charge is 0.504 e. The van der Waals surface area contributed by atoms with Crippen molar-refractivity contribution < 1.29 is 15.3 Å². The van der Waals surface area contributed by atoms with E-state index >= 15 is 0 Å². The third-order valence-corrected chi connectivity index (χ3v) is 2.58. The van der Waals surface area contributed by atoms with Crippen molar-refractivity contribution in [3.63, 3.8) is 0 Å². The van der Waals surface area contributed by atoms with E-state index < -0.39 is 5.75 Å². The van der Waals surface area contributed by atoms with Crippen molar-refractivity contribution in [3.05, 3.63) is 17.7 Å². The Balaban J connectivity index is 2.51. The van der Waals surface area contributed by atoms with Gasteiger partial charge < -0.3 is 20.6 Å². The first kappa shape index (κ1) is 13.6. The van der Waals surface area contributed by atoms with Crippen LogP contribution in [-0.4, -0.2) is 21.9 Å². The van der Waals surface area contributed by atoms with Crippen molar-refractivity contribution in [1.82, 2.24) is 5.32 Å². The van der Waals surface area contributed by atoms with E-state index in [0.29, 0.717) is 12.1 Å². The molecule has 0 aliphatic heterocycles. The molecule has 4 heteroatoms. The van der Waals surface area contributed by atoms with Crippen molar-refractivity contribution in [2.24, 2.45) is 5.41 Å². The molecule has 0 aliphatic carbocycles. The molecule has 17 heavy (non-hydrogen) atoms. The summed E-state index contributed by atoms with van der Waals surface area (Å²) in [7, 11) is 0. The molecule has 0 unspecified atom stereocenters. The minimum Gasteiger partial charge on any atom is -0.504 e. The van der Waals surface area contributed by atoms with Crippen LogP contribution in [0.1, 0.15) is 32.8 Å². The van der Waals surface area contributed by atoms with Crippen molar-refractivity contribution >= 4 is 0 Å². The van der Waals surface area contributed by atoms with Gasteiger partial charge in [-0.15, -0.1) is 0 Å². The van der Waals surface area contributed by atoms with Crippen molar-refractivity contribution in [3.8, 4) is 17.2 Å². The van der Waals surface area contributed by atoms with Gasteiger partial charge in [0.2, 0.25) is 5.75 Å². The van der Waals surface area contributed by atoms with Gasteiger partial charge in [-0.2, -0.15) is 0 Å². The minimum atomic E-state index is -0.458. The summed E-state index contributed by atoms with van der Waals surface area (Å²) in [6, 6.07) is 2.96. The zero-order valence-electron chi connectivity index (χ0n) is 10.6. The van der Waals surface area contributed by atoms with Crippen LogP contribution in [-0.2, 0) is 6.54 Å². The molecular weight excluding hydrogens is 218 g/mol. The zero-order valence-corrected chi connectivity index (χ0v) is 10.6.